The Kier molecular flexibility index (Phi) is 15.2. The Morgan fingerprint density at radius 3 is 2.08 bits per heavy atom. The quantitative estimate of drug-likeness (QED) is 0.414. The van der Waals surface area contributed by atoms with Gasteiger partial charge in [-0.3, -0.25) is 5.10 Å². The average molecular weight is 214 g/mol. The second-order valence-corrected chi connectivity index (χ2v) is 1.74. The van der Waals surface area contributed by atoms with E-state index in [9.17, 15) is 4.79 Å². The Labute approximate surface area is 140 Å². The van der Waals surface area contributed by atoms with Gasteiger partial charge in [0.05, 0.1) is 0 Å². The van der Waals surface area contributed by atoms with Crippen molar-refractivity contribution >= 4 is 107 Å². The molecule has 0 spiro atoms. The molecule has 0 atom stereocenters. The van der Waals surface area contributed by atoms with E-state index in [4.69, 9.17) is 5.11 Å². The number of rotatable bonds is 1. The van der Waals surface area contributed by atoms with E-state index in [1.807, 2.05) is 0 Å². The number of carboxylic acid groups (broad SMARTS) is 1. The molecule has 0 saturated heterocycles. The first kappa shape index (κ1) is 19.4. The van der Waals surface area contributed by atoms with Crippen LogP contribution in [0, 0.1) is 4.64 Å². The number of nitrogens with one attached hydrogen (secondary N) is 2. The van der Waals surface area contributed by atoms with E-state index < -0.39 is 5.97 Å². The summed E-state index contributed by atoms with van der Waals surface area (Å²) in [6.07, 6.45) is 0. The van der Waals surface area contributed by atoms with Gasteiger partial charge in [-0.25, -0.2) is 10.0 Å². The Balaban J connectivity index is -0.000000270. The number of aromatic amines is 2. The summed E-state index contributed by atoms with van der Waals surface area (Å²) in [6.45, 7) is 0. The minimum Gasteiger partial charge on any atom is -0.476 e. The van der Waals surface area contributed by atoms with E-state index in [-0.39, 0.29) is 99.0 Å². The molecule has 1 aromatic rings. The number of carbonyl (C=O) groups is 1. The molecule has 0 aliphatic carbocycles. The molecule has 0 saturated carbocycles. The van der Waals surface area contributed by atoms with E-state index >= 15 is 0 Å². The second-order valence-electron chi connectivity index (χ2n) is 1.33. The molecule has 0 aromatic carbocycles. The topological polar surface area (TPSA) is 81.8 Å². The van der Waals surface area contributed by atoms with Crippen molar-refractivity contribution in [2.24, 2.45) is 0 Å². The van der Waals surface area contributed by atoms with Crippen molar-refractivity contribution in [3.63, 3.8) is 0 Å². The Morgan fingerprint density at radius 2 is 1.92 bits per heavy atom. The molecule has 0 aliphatic heterocycles. The fourth-order valence-corrected chi connectivity index (χ4v) is 0.568. The van der Waals surface area contributed by atoms with Gasteiger partial charge >= 0.3 is 5.97 Å². The molecule has 1 heterocycles. The molecule has 3 radical (unpaired) electrons. The van der Waals surface area contributed by atoms with Crippen LogP contribution in [0.3, 0.4) is 0 Å². The first-order valence-electron chi connectivity index (χ1n) is 2.08. The van der Waals surface area contributed by atoms with Crippen LogP contribution in [0.4, 0.5) is 0 Å². The predicted molar refractivity (Wildman–Crippen MR) is 48.0 cm³/mol. The van der Waals surface area contributed by atoms with E-state index in [1.165, 1.54) is 0 Å². The normalized spacial score (nSPS) is 7.00. The van der Waals surface area contributed by atoms with Crippen molar-refractivity contribution in [2.75, 3.05) is 0 Å². The fourth-order valence-electron chi connectivity index (χ4n) is 0.390. The molecular weight excluding hydrogens is 211 g/mol. The number of H-pyrrole nitrogens is 2. The maximum Gasteiger partial charge on any atom is 0.359 e. The summed E-state index contributed by atoms with van der Waals surface area (Å²) in [7, 11) is 0. The Hall–Kier alpha value is 1.83. The zero-order valence-electron chi connectivity index (χ0n) is 7.21. The minimum absolute atomic E-state index is 0. The summed E-state index contributed by atoms with van der Waals surface area (Å²) in [5, 5.41) is 16.2. The zero-order valence-corrected chi connectivity index (χ0v) is 14.0. The van der Waals surface area contributed by atoms with Crippen LogP contribution in [0.5, 0.6) is 0 Å². The van der Waals surface area contributed by atoms with Crippen LogP contribution >= 0.6 is 12.2 Å². The number of hydrogen-bond acceptors (Lipinski definition) is 3. The summed E-state index contributed by atoms with van der Waals surface area (Å²) < 4.78 is 0.113. The molecule has 51 valence electrons. The minimum atomic E-state index is -1.13. The van der Waals surface area contributed by atoms with E-state index in [1.54, 1.807) is 0 Å². The van der Waals surface area contributed by atoms with Crippen LogP contribution in [0.2, 0.25) is 0 Å². The molecule has 1 rings (SSSR count). The monoisotopic (exact) mass is 214 g/mol. The predicted octanol–water partition coefficient (Wildman–Crippen LogP) is -0.977. The van der Waals surface area contributed by atoms with Crippen molar-refractivity contribution in [3.8, 4) is 0 Å². The molecular formula is C3H3N3Na3O2S. The third-order valence-corrected chi connectivity index (χ3v) is 1.05. The zero-order chi connectivity index (χ0) is 6.85. The molecule has 0 amide bonds. The fraction of sp³-hybridized carbons (Fsp3) is 0. The third-order valence-electron chi connectivity index (χ3n) is 0.755. The summed E-state index contributed by atoms with van der Waals surface area (Å²) in [4.78, 5) is 10.1. The van der Waals surface area contributed by atoms with Crippen LogP contribution in [-0.2, 0) is 0 Å². The van der Waals surface area contributed by atoms with Gasteiger partial charge in [-0.1, -0.05) is 12.2 Å². The summed E-state index contributed by atoms with van der Waals surface area (Å²) in [5.74, 6) is -1.13. The van der Waals surface area contributed by atoms with Crippen LogP contribution in [0.15, 0.2) is 0 Å². The molecule has 0 unspecified atom stereocenters. The van der Waals surface area contributed by atoms with Gasteiger partial charge in [0.15, 0.2) is 4.64 Å². The van der Waals surface area contributed by atoms with Gasteiger partial charge in [0.2, 0.25) is 5.69 Å². The molecule has 12 heavy (non-hydrogen) atoms. The van der Waals surface area contributed by atoms with Crippen LogP contribution < -0.4 is 0 Å². The van der Waals surface area contributed by atoms with Crippen LogP contribution in [0.1, 0.15) is 10.5 Å². The number of hydrogen-bond donors (Lipinski definition) is 3. The SMILES string of the molecule is O=C(O)c1n[nH][nH]c1=S.[Na].[Na].[Na]. The smallest absolute Gasteiger partial charge is 0.359 e. The maximum absolute atomic E-state index is 10.1. The van der Waals surface area contributed by atoms with Crippen LogP contribution in [0.25, 0.3) is 0 Å². The van der Waals surface area contributed by atoms with Crippen molar-refractivity contribution in [1.29, 1.82) is 0 Å². The van der Waals surface area contributed by atoms with Gasteiger partial charge in [-0.05, 0) is 0 Å². The van der Waals surface area contributed by atoms with Gasteiger partial charge in [-0.15, -0.1) is 5.10 Å². The molecule has 5 nitrogen and oxygen atoms in total. The van der Waals surface area contributed by atoms with E-state index in [0.717, 1.165) is 0 Å². The molecule has 1 aromatic heterocycles. The Morgan fingerprint density at radius 1 is 1.42 bits per heavy atom. The van der Waals surface area contributed by atoms with Gasteiger partial charge in [0.25, 0.3) is 0 Å². The molecule has 9 heteroatoms. The largest absolute Gasteiger partial charge is 0.476 e. The summed E-state index contributed by atoms with van der Waals surface area (Å²) in [5.41, 5.74) is -0.148. The number of carboxylic acids is 1. The Bertz CT molecular complexity index is 284. The van der Waals surface area contributed by atoms with Crippen LogP contribution in [-0.4, -0.2) is 115 Å². The van der Waals surface area contributed by atoms with E-state index in [0.29, 0.717) is 0 Å². The van der Waals surface area contributed by atoms with Gasteiger partial charge in [0, 0.05) is 88.7 Å². The average Bonchev–Trinajstić information content (AvgIpc) is 2.13. The van der Waals surface area contributed by atoms with Crippen molar-refractivity contribution in [3.05, 3.63) is 10.3 Å². The number of aromatic nitrogens is 3. The van der Waals surface area contributed by atoms with Gasteiger partial charge in [-0.2, -0.15) is 0 Å². The van der Waals surface area contributed by atoms with E-state index in [2.05, 4.69) is 27.6 Å². The first-order chi connectivity index (χ1) is 4.22. The molecule has 3 N–H and O–H groups in total. The third kappa shape index (κ3) is 5.54. The second kappa shape index (κ2) is 9.39. The van der Waals surface area contributed by atoms with Gasteiger partial charge < -0.3 is 5.11 Å². The summed E-state index contributed by atoms with van der Waals surface area (Å²) >= 11 is 4.53. The molecule has 0 bridgehead atoms. The van der Waals surface area contributed by atoms with Crippen molar-refractivity contribution in [2.45, 2.75) is 0 Å². The molecule has 0 aliphatic rings. The summed E-state index contributed by atoms with van der Waals surface area (Å²) in [6, 6.07) is 0. The van der Waals surface area contributed by atoms with Gasteiger partial charge in [0.1, 0.15) is 0 Å². The van der Waals surface area contributed by atoms with Crippen molar-refractivity contribution < 1.29 is 9.90 Å². The first-order valence-corrected chi connectivity index (χ1v) is 2.49. The number of aromatic carboxylic acids is 1. The molecule has 0 fully saturated rings. The maximum atomic E-state index is 10.1. The standard InChI is InChI=1S/C3H3N3O2S.3Na/c7-3(8)1-2(9)5-6-4-1;;;/h(H,7,8)(H2,4,5,6,9);;;. The van der Waals surface area contributed by atoms with Crippen molar-refractivity contribution in [1.82, 2.24) is 15.4 Å². The number of nitrogens with zero attached hydrogens (tertiary/aromatic N) is 1.